The first-order chi connectivity index (χ1) is 2.73. The molecule has 8 heavy (non-hydrogen) atoms. The third-order valence-corrected chi connectivity index (χ3v) is 0. The summed E-state index contributed by atoms with van der Waals surface area (Å²) in [6.07, 6.45) is 0. The van der Waals surface area contributed by atoms with Gasteiger partial charge < -0.3 is 2.85 Å². The van der Waals surface area contributed by atoms with Crippen LogP contribution in [0.2, 0.25) is 0 Å². The summed E-state index contributed by atoms with van der Waals surface area (Å²) in [4.78, 5) is 0. The van der Waals surface area contributed by atoms with Crippen LogP contribution < -0.4 is 3.54 Å². The molecule has 0 aliphatic rings. The van der Waals surface area contributed by atoms with E-state index in [1.807, 2.05) is 0 Å². The van der Waals surface area contributed by atoms with Gasteiger partial charge in [0, 0.05) is 21.7 Å². The van der Waals surface area contributed by atoms with Crippen LogP contribution in [0.5, 0.6) is 0 Å². The normalized spacial score (nSPS) is 5.25. The van der Waals surface area contributed by atoms with Crippen molar-refractivity contribution in [2.75, 3.05) is 0 Å². The van der Waals surface area contributed by atoms with Gasteiger partial charge in [0.05, 0.1) is 0 Å². The van der Waals surface area contributed by atoms with Gasteiger partial charge in [-0.1, -0.05) is 67.8 Å². The molecular formula is CH6CaI3NPbTi. The predicted octanol–water partition coefficient (Wildman–Crippen LogP) is 1.18. The van der Waals surface area contributed by atoms with Gasteiger partial charge in [0.2, 0.25) is 0 Å². The molecule has 7 heteroatoms. The molecule has 2 N–H and O–H groups in total. The molecule has 0 aliphatic heterocycles. The average Bonchev–Trinajstić information content (AvgIpc) is 1.41. The molecule has 0 spiro atoms. The summed E-state index contributed by atoms with van der Waals surface area (Å²) >= 11 is 7.62. The molecule has 0 bridgehead atoms. The van der Waals surface area contributed by atoms with Gasteiger partial charge >= 0.3 is 67.3 Å². The Morgan fingerprint density at radius 3 is 1.25 bits per heavy atom. The molecule has 0 fully saturated rings. The summed E-state index contributed by atoms with van der Waals surface area (Å²) in [6.45, 7) is 0. The van der Waals surface area contributed by atoms with Crippen LogP contribution in [0, 0.1) is 0 Å². The first-order valence-corrected chi connectivity index (χ1v) is 7.32. The predicted molar refractivity (Wildman–Crippen MR) is 65.2 cm³/mol. The minimum atomic E-state index is 0. The first-order valence-electron chi connectivity index (χ1n) is 0.988. The van der Waals surface area contributed by atoms with E-state index in [4.69, 9.17) is 0 Å². The van der Waals surface area contributed by atoms with Crippen molar-refractivity contribution in [1.82, 2.24) is 0 Å². The Morgan fingerprint density at radius 1 is 1.25 bits per heavy atom. The van der Waals surface area contributed by atoms with E-state index in [0.717, 1.165) is -0.0619 Å². The zero-order valence-electron chi connectivity index (χ0n) is 6.07. The Balaban J connectivity index is -0.00000000625. The van der Waals surface area contributed by atoms with Crippen molar-refractivity contribution in [1.29, 1.82) is 0 Å². The van der Waals surface area contributed by atoms with Gasteiger partial charge in [-0.15, -0.1) is 0 Å². The fraction of sp³-hybridized carbons (Fsp3) is 1.00. The minimum absolute atomic E-state index is 0. The Labute approximate surface area is 155 Å². The van der Waals surface area contributed by atoms with Crippen LogP contribution in [0.25, 0.3) is 0 Å². The smallest absolute Gasteiger partial charge is 0 e. The third-order valence-electron chi connectivity index (χ3n) is 0. The summed E-state index contributed by atoms with van der Waals surface area (Å²) in [7, 11) is 0. The molecule has 0 aromatic carbocycles. The van der Waals surface area contributed by atoms with E-state index in [9.17, 15) is 0 Å². The molecule has 0 unspecified atom stereocenters. The molecule has 0 atom stereocenters. The van der Waals surface area contributed by atoms with E-state index in [2.05, 4.69) is 71.3 Å². The van der Waals surface area contributed by atoms with Crippen molar-refractivity contribution in [3.05, 3.63) is 0 Å². The molecule has 0 aromatic heterocycles. The Hall–Kier alpha value is 5.05. The summed E-state index contributed by atoms with van der Waals surface area (Å²) in [6, 6.07) is 0. The number of hydrogen-bond acceptors (Lipinski definition) is 1. The second-order valence-electron chi connectivity index (χ2n) is 0.247. The van der Waals surface area contributed by atoms with Crippen LogP contribution in [0.3, 0.4) is 0 Å². The Morgan fingerprint density at radius 2 is 1.25 bits per heavy atom. The number of alkyl halides is 3. The van der Waals surface area contributed by atoms with E-state index < -0.39 is 0 Å². The number of hydrogen-bond donors (Lipinski definition) is 1. The largest absolute Gasteiger partial charge is 0 e. The Kier molecular flexibility index (Phi) is 65.7. The summed E-state index contributed by atoms with van der Waals surface area (Å²) in [5.41, 5.74) is 0. The maximum absolute atomic E-state index is 4.67. The maximum atomic E-state index is 4.67. The van der Waals surface area contributed by atoms with Crippen LogP contribution in [0.15, 0.2) is 0 Å². The second kappa shape index (κ2) is 22.7. The van der Waals surface area contributed by atoms with Crippen LogP contribution in [0.1, 0.15) is 2.85 Å². The van der Waals surface area contributed by atoms with E-state index in [0.29, 0.717) is 26.1 Å². The molecular weight excluding hydrogens is 702 g/mol. The quantitative estimate of drug-likeness (QED) is 0.229. The third kappa shape index (κ3) is 43.8. The van der Waals surface area contributed by atoms with Crippen molar-refractivity contribution in [3.8, 4) is 0 Å². The SMILES string of the molecule is IC(I)I.[Ca+2].[H-].[H-].[NH2][PbH].[Ti]. The van der Waals surface area contributed by atoms with Crippen molar-refractivity contribution in [3.63, 3.8) is 0 Å². The molecule has 0 heterocycles. The zero-order valence-corrected chi connectivity index (χ0v) is 18.8. The van der Waals surface area contributed by atoms with Crippen molar-refractivity contribution in [2.45, 2.75) is -0.0619 Å². The van der Waals surface area contributed by atoms with Crippen LogP contribution in [-0.2, 0) is 21.7 Å². The monoisotopic (exact) mass is 709 g/mol. The molecule has 0 rings (SSSR count). The number of nitrogens with two attached hydrogens (primary N) is 1. The van der Waals surface area contributed by atoms with Gasteiger partial charge in [-0.2, -0.15) is 0 Å². The van der Waals surface area contributed by atoms with Crippen molar-refractivity contribution < 1.29 is 24.6 Å². The molecule has 0 aliphatic carbocycles. The first kappa shape index (κ1) is 23.1. The number of halogens is 3. The topological polar surface area (TPSA) is 26.0 Å². The van der Waals surface area contributed by atoms with Crippen molar-refractivity contribution >= 4 is 132 Å². The fourth-order valence-corrected chi connectivity index (χ4v) is 0. The summed E-state index contributed by atoms with van der Waals surface area (Å²) < 4.78 is 5.41. The summed E-state index contributed by atoms with van der Waals surface area (Å²) in [5.74, 6) is 0. The van der Waals surface area contributed by atoms with Gasteiger partial charge in [0.15, 0.2) is 0 Å². The van der Waals surface area contributed by atoms with E-state index in [1.54, 1.807) is 0 Å². The molecule has 0 aromatic rings. The Bertz CT molecular complexity index is 31.2. The molecule has 46 valence electrons. The van der Waals surface area contributed by atoms with E-state index >= 15 is 0 Å². The maximum Gasteiger partial charge on any atom is 0 e. The van der Waals surface area contributed by atoms with Crippen LogP contribution in [0.4, 0.5) is 0 Å². The summed E-state index contributed by atoms with van der Waals surface area (Å²) in [5, 5.41) is 0. The van der Waals surface area contributed by atoms with E-state index in [1.165, 1.54) is 0 Å². The molecule has 0 saturated carbocycles. The molecule has 0 amide bonds. The fourth-order valence-electron chi connectivity index (χ4n) is 0. The van der Waals surface area contributed by atoms with Gasteiger partial charge in [0.1, 0.15) is -0.0619 Å². The average molecular weight is 708 g/mol. The van der Waals surface area contributed by atoms with Gasteiger partial charge in [-0.25, -0.2) is 0 Å². The van der Waals surface area contributed by atoms with Gasteiger partial charge in [0.25, 0.3) is 0 Å². The van der Waals surface area contributed by atoms with Gasteiger partial charge in [-0.3, -0.25) is 0 Å². The molecule has 2 radical (unpaired) electrons. The zero-order chi connectivity index (χ0) is 5.58. The molecule has 0 saturated heterocycles. The standard InChI is InChI=1S/CHI3.Ca.H2N.Pb.Ti.3H/c2-1(3)4;;;;;;;/h1H;;1H2;;;;;/q;+2;-1;+1;;;2*-1. The minimum Gasteiger partial charge on any atom is 0 e. The number of rotatable bonds is 0. The van der Waals surface area contributed by atoms with E-state index in [-0.39, 0.29) is 62.3 Å². The van der Waals surface area contributed by atoms with Crippen molar-refractivity contribution in [2.24, 2.45) is 3.54 Å². The van der Waals surface area contributed by atoms with Crippen LogP contribution >= 0.6 is 67.8 Å². The second-order valence-corrected chi connectivity index (χ2v) is 11.1. The van der Waals surface area contributed by atoms with Gasteiger partial charge in [-0.05, 0) is 0 Å². The van der Waals surface area contributed by atoms with Crippen LogP contribution in [-0.4, -0.2) is 63.7 Å². The molecule has 1 nitrogen and oxygen atoms in total.